The molecule has 0 amide bonds. The highest BCUT2D eigenvalue weighted by Crippen LogP contribution is 2.47. The van der Waals surface area contributed by atoms with Crippen LogP contribution in [-0.4, -0.2) is 59.4 Å². The maximum Gasteiger partial charge on any atom is 0.318 e. The van der Waals surface area contributed by atoms with Gasteiger partial charge in [-0.05, 0) is 80.7 Å². The second kappa shape index (κ2) is 10.1. The first kappa shape index (κ1) is 26.0. The van der Waals surface area contributed by atoms with Crippen molar-refractivity contribution in [2.45, 2.75) is 88.1 Å². The van der Waals surface area contributed by atoms with E-state index in [2.05, 4.69) is 28.0 Å². The standard InChI is InChI=1S/C31H39FN6O2/c32-23-15-30(9-3-13-38(30)18-23)20-39-29-35-27-16-31(10-1-5-22-6-7-24(34)14-26(22)31)40-19-25(27)28(36-29)37-12-2-4-21(17-37)8-11-33/h6-7,14,21,23H,1-5,8-10,12-13,15-20,34H2/t21-,23+,30-,31-/m0/s1. The molecular formula is C31H39FN6O2. The third-order valence-electron chi connectivity index (χ3n) is 10.1. The topological polar surface area (TPSA) is 101 Å². The van der Waals surface area contributed by atoms with Crippen LogP contribution in [0.25, 0.3) is 0 Å². The van der Waals surface area contributed by atoms with Gasteiger partial charge in [-0.3, -0.25) is 4.90 Å². The van der Waals surface area contributed by atoms with Gasteiger partial charge in [-0.15, -0.1) is 0 Å². The zero-order chi connectivity index (χ0) is 27.3. The van der Waals surface area contributed by atoms with Crippen molar-refractivity contribution in [3.63, 3.8) is 0 Å². The zero-order valence-electron chi connectivity index (χ0n) is 23.2. The number of hydrogen-bond acceptors (Lipinski definition) is 8. The minimum atomic E-state index is -0.801. The first-order chi connectivity index (χ1) is 19.5. The Morgan fingerprint density at radius 2 is 2.10 bits per heavy atom. The Bertz CT molecular complexity index is 1330. The fourth-order valence-electron chi connectivity index (χ4n) is 8.12. The third-order valence-corrected chi connectivity index (χ3v) is 10.1. The summed E-state index contributed by atoms with van der Waals surface area (Å²) in [5.41, 5.74) is 10.7. The number of alkyl halides is 1. The summed E-state index contributed by atoms with van der Waals surface area (Å²) in [6.45, 7) is 3.94. The molecule has 1 spiro atoms. The van der Waals surface area contributed by atoms with Gasteiger partial charge in [-0.1, -0.05) is 6.07 Å². The van der Waals surface area contributed by atoms with Gasteiger partial charge in [0, 0.05) is 50.1 Å². The summed E-state index contributed by atoms with van der Waals surface area (Å²) < 4.78 is 27.6. The Kier molecular flexibility index (Phi) is 6.59. The van der Waals surface area contributed by atoms with Crippen LogP contribution in [0.2, 0.25) is 0 Å². The van der Waals surface area contributed by atoms with Gasteiger partial charge in [-0.25, -0.2) is 4.39 Å². The molecule has 1 aromatic carbocycles. The molecular weight excluding hydrogens is 507 g/mol. The number of benzene rings is 1. The van der Waals surface area contributed by atoms with Crippen molar-refractivity contribution >= 4 is 11.5 Å². The Labute approximate surface area is 235 Å². The first-order valence-corrected chi connectivity index (χ1v) is 15.0. The van der Waals surface area contributed by atoms with Crippen molar-refractivity contribution in [1.29, 1.82) is 5.26 Å². The first-order valence-electron chi connectivity index (χ1n) is 15.0. The number of rotatable bonds is 5. The molecule has 3 saturated heterocycles. The van der Waals surface area contributed by atoms with E-state index in [9.17, 15) is 9.65 Å². The predicted molar refractivity (Wildman–Crippen MR) is 150 cm³/mol. The normalized spacial score (nSPS) is 31.4. The number of nitrogens with zero attached hydrogens (tertiary/aromatic N) is 5. The number of halogens is 1. The zero-order valence-corrected chi connectivity index (χ0v) is 23.2. The molecule has 8 nitrogen and oxygen atoms in total. The van der Waals surface area contributed by atoms with Crippen LogP contribution >= 0.6 is 0 Å². The molecule has 5 heterocycles. The average Bonchev–Trinajstić information content (AvgIpc) is 3.48. The molecule has 9 heteroatoms. The summed E-state index contributed by atoms with van der Waals surface area (Å²) >= 11 is 0. The highest BCUT2D eigenvalue weighted by atomic mass is 19.1. The number of anilines is 2. The van der Waals surface area contributed by atoms with Crippen LogP contribution in [0.15, 0.2) is 18.2 Å². The van der Waals surface area contributed by atoms with Crippen LogP contribution in [0.5, 0.6) is 6.01 Å². The molecule has 40 heavy (non-hydrogen) atoms. The predicted octanol–water partition coefficient (Wildman–Crippen LogP) is 4.45. The van der Waals surface area contributed by atoms with Gasteiger partial charge < -0.3 is 20.1 Å². The van der Waals surface area contributed by atoms with Crippen LogP contribution in [0.4, 0.5) is 15.9 Å². The Balaban J connectivity index is 1.24. The smallest absolute Gasteiger partial charge is 0.318 e. The molecule has 0 radical (unpaired) electrons. The Morgan fingerprint density at radius 1 is 1.18 bits per heavy atom. The van der Waals surface area contributed by atoms with Crippen molar-refractivity contribution in [3.05, 3.63) is 40.6 Å². The summed E-state index contributed by atoms with van der Waals surface area (Å²) in [5.74, 6) is 1.19. The number of hydrogen-bond donors (Lipinski definition) is 1. The van der Waals surface area contributed by atoms with Crippen molar-refractivity contribution in [2.75, 3.05) is 43.4 Å². The highest BCUT2D eigenvalue weighted by Gasteiger charge is 2.50. The molecule has 4 aliphatic heterocycles. The van der Waals surface area contributed by atoms with Crippen LogP contribution in [-0.2, 0) is 29.8 Å². The lowest BCUT2D eigenvalue weighted by molar-refractivity contribution is -0.0855. The maximum absolute atomic E-state index is 14.4. The second-order valence-corrected chi connectivity index (χ2v) is 12.7. The SMILES string of the molecule is N#CC[C@@H]1CCCN(c2nc(OC[C@@]34CCCN3C[C@H](F)C4)nc3c2CO[C@@]2(CCCc4ccc(N)cc42)C3)C1. The number of piperidine rings is 1. The lowest BCUT2D eigenvalue weighted by atomic mass is 9.74. The lowest BCUT2D eigenvalue weighted by Gasteiger charge is -2.43. The second-order valence-electron chi connectivity index (χ2n) is 12.7. The van der Waals surface area contributed by atoms with Gasteiger partial charge in [-0.2, -0.15) is 15.2 Å². The average molecular weight is 547 g/mol. The number of ether oxygens (including phenoxy) is 2. The van der Waals surface area contributed by atoms with E-state index >= 15 is 0 Å². The van der Waals surface area contributed by atoms with E-state index in [1.165, 1.54) is 11.1 Å². The van der Waals surface area contributed by atoms with Crippen LogP contribution in [0, 0.1) is 17.2 Å². The maximum atomic E-state index is 14.4. The van der Waals surface area contributed by atoms with E-state index in [0.717, 1.165) is 87.3 Å². The minimum Gasteiger partial charge on any atom is -0.461 e. The van der Waals surface area contributed by atoms with E-state index in [1.807, 2.05) is 6.07 Å². The van der Waals surface area contributed by atoms with Gasteiger partial charge >= 0.3 is 6.01 Å². The molecule has 0 bridgehead atoms. The van der Waals surface area contributed by atoms with Crippen LogP contribution < -0.4 is 15.4 Å². The van der Waals surface area contributed by atoms with Crippen molar-refractivity contribution in [3.8, 4) is 12.1 Å². The number of aryl methyl sites for hydroxylation is 1. The number of aromatic nitrogens is 2. The van der Waals surface area contributed by atoms with Gasteiger partial charge in [0.15, 0.2) is 0 Å². The fraction of sp³-hybridized carbons (Fsp3) is 0.645. The van der Waals surface area contributed by atoms with E-state index in [1.54, 1.807) is 0 Å². The molecule has 2 aromatic rings. The van der Waals surface area contributed by atoms with E-state index in [4.69, 9.17) is 25.2 Å². The van der Waals surface area contributed by atoms with Gasteiger partial charge in [0.25, 0.3) is 0 Å². The molecule has 0 unspecified atom stereocenters. The minimum absolute atomic E-state index is 0.258. The van der Waals surface area contributed by atoms with Crippen LogP contribution in [0.3, 0.4) is 0 Å². The monoisotopic (exact) mass is 546 g/mol. The molecule has 2 N–H and O–H groups in total. The fourth-order valence-corrected chi connectivity index (χ4v) is 8.12. The highest BCUT2D eigenvalue weighted by molar-refractivity contribution is 5.54. The van der Waals surface area contributed by atoms with Crippen molar-refractivity contribution in [1.82, 2.24) is 14.9 Å². The van der Waals surface area contributed by atoms with Crippen molar-refractivity contribution < 1.29 is 13.9 Å². The lowest BCUT2D eigenvalue weighted by Crippen LogP contribution is -2.44. The van der Waals surface area contributed by atoms with Gasteiger partial charge in [0.2, 0.25) is 0 Å². The number of nitrogen functional groups attached to an aromatic ring is 1. The molecule has 212 valence electrons. The quantitative estimate of drug-likeness (QED) is 0.549. The number of nitriles is 1. The van der Waals surface area contributed by atoms with Gasteiger partial charge in [0.1, 0.15) is 18.6 Å². The molecule has 5 aliphatic rings. The van der Waals surface area contributed by atoms with Crippen LogP contribution in [0.1, 0.15) is 73.8 Å². The number of fused-ring (bicyclic) bond motifs is 4. The molecule has 1 aromatic heterocycles. The molecule has 7 rings (SSSR count). The Morgan fingerprint density at radius 3 is 3.00 bits per heavy atom. The molecule has 1 aliphatic carbocycles. The summed E-state index contributed by atoms with van der Waals surface area (Å²) in [6, 6.07) is 8.93. The summed E-state index contributed by atoms with van der Waals surface area (Å²) in [6.07, 6.45) is 8.01. The largest absolute Gasteiger partial charge is 0.461 e. The van der Waals surface area contributed by atoms with E-state index < -0.39 is 11.8 Å². The summed E-state index contributed by atoms with van der Waals surface area (Å²) in [4.78, 5) is 14.6. The van der Waals surface area contributed by atoms with E-state index in [0.29, 0.717) is 50.9 Å². The number of nitrogens with two attached hydrogens (primary N) is 1. The van der Waals surface area contributed by atoms with Gasteiger partial charge in [0.05, 0.1) is 29.5 Å². The molecule has 0 saturated carbocycles. The molecule has 3 fully saturated rings. The summed E-state index contributed by atoms with van der Waals surface area (Å²) in [5, 5.41) is 9.34. The molecule has 4 atom stereocenters. The van der Waals surface area contributed by atoms with Crippen molar-refractivity contribution in [2.24, 2.45) is 5.92 Å². The van der Waals surface area contributed by atoms with E-state index in [-0.39, 0.29) is 5.54 Å². The summed E-state index contributed by atoms with van der Waals surface area (Å²) in [7, 11) is 0. The Hall–Kier alpha value is -2.96. The third kappa shape index (κ3) is 4.50.